The molecule has 0 radical (unpaired) electrons. The van der Waals surface area contributed by atoms with E-state index < -0.39 is 18.3 Å². The molecule has 8 nitrogen and oxygen atoms in total. The fraction of sp³-hybridized carbons (Fsp3) is 0.548. The first kappa shape index (κ1) is 30.3. The predicted octanol–water partition coefficient (Wildman–Crippen LogP) is 5.15. The molecular weight excluding hydrogens is 530 g/mol. The number of nitrogens with one attached hydrogen (secondary N) is 2. The summed E-state index contributed by atoms with van der Waals surface area (Å²) in [5.74, 6) is 0.880. The summed E-state index contributed by atoms with van der Waals surface area (Å²) in [5, 5.41) is 15.3. The van der Waals surface area contributed by atoms with Crippen LogP contribution in [0.1, 0.15) is 49.8 Å². The Bertz CT molecular complexity index is 1140. The summed E-state index contributed by atoms with van der Waals surface area (Å²) in [6.45, 7) is 4.79. The first-order valence-corrected chi connectivity index (χ1v) is 14.8. The second kappa shape index (κ2) is 14.8. The van der Waals surface area contributed by atoms with Crippen LogP contribution in [0.5, 0.6) is 0 Å². The van der Waals surface area contributed by atoms with Crippen LogP contribution in [-0.2, 0) is 20.7 Å². The number of rotatable bonds is 11. The van der Waals surface area contributed by atoms with Crippen LogP contribution in [0, 0.1) is 11.8 Å². The van der Waals surface area contributed by atoms with Gasteiger partial charge in [-0.3, -0.25) is 4.79 Å². The predicted molar refractivity (Wildman–Crippen MR) is 157 cm³/mol. The standard InChI is InChI=1S/C31H42ClN3O5/c1-3-21-6-4-7-24(18-21)28-25(8-5-9-26(28)32)29(40-16-14-34-31(37)38)27-20-35(15-17-39-27)30(36)23-12-10-22(11-13-23)19-33-2/h4-9,18,22-23,27,29,33-34H,3,10-17,19-20H2,1-2H3,(H,37,38). The summed E-state index contributed by atoms with van der Waals surface area (Å²) in [4.78, 5) is 26.6. The lowest BCUT2D eigenvalue weighted by atomic mass is 9.81. The molecule has 0 bridgehead atoms. The quantitative estimate of drug-likeness (QED) is 0.323. The normalized spacial score (nSPS) is 22.1. The number of hydrogen-bond acceptors (Lipinski definition) is 5. The number of amides is 2. The lowest BCUT2D eigenvalue weighted by Crippen LogP contribution is -2.50. The lowest BCUT2D eigenvalue weighted by Gasteiger charge is -2.40. The third-order valence-electron chi connectivity index (χ3n) is 8.08. The van der Waals surface area contributed by atoms with Gasteiger partial charge in [-0.05, 0) is 74.4 Å². The molecule has 1 saturated heterocycles. The van der Waals surface area contributed by atoms with Crippen LogP contribution in [0.2, 0.25) is 5.02 Å². The second-order valence-electron chi connectivity index (χ2n) is 10.8. The number of carbonyl (C=O) groups excluding carboxylic acids is 1. The van der Waals surface area contributed by atoms with Gasteiger partial charge in [-0.25, -0.2) is 4.79 Å². The maximum atomic E-state index is 13.6. The Morgan fingerprint density at radius 3 is 2.67 bits per heavy atom. The van der Waals surface area contributed by atoms with Crippen LogP contribution in [0.4, 0.5) is 4.79 Å². The Kier molecular flexibility index (Phi) is 11.2. The number of ether oxygens (including phenoxy) is 2. The number of carbonyl (C=O) groups is 2. The van der Waals surface area contributed by atoms with Crippen LogP contribution in [0.15, 0.2) is 42.5 Å². The molecule has 1 aliphatic carbocycles. The molecule has 2 atom stereocenters. The van der Waals surface area contributed by atoms with Crippen LogP contribution in [0.3, 0.4) is 0 Å². The van der Waals surface area contributed by atoms with Gasteiger partial charge in [0.15, 0.2) is 0 Å². The van der Waals surface area contributed by atoms with E-state index in [1.807, 2.05) is 42.3 Å². The molecule has 9 heteroatoms. The highest BCUT2D eigenvalue weighted by molar-refractivity contribution is 6.33. The van der Waals surface area contributed by atoms with Gasteiger partial charge >= 0.3 is 6.09 Å². The van der Waals surface area contributed by atoms with Crippen molar-refractivity contribution in [1.29, 1.82) is 0 Å². The zero-order chi connectivity index (χ0) is 28.5. The van der Waals surface area contributed by atoms with Gasteiger partial charge in [0, 0.05) is 36.1 Å². The topological polar surface area (TPSA) is 100 Å². The highest BCUT2D eigenvalue weighted by Crippen LogP contribution is 2.39. The maximum absolute atomic E-state index is 13.6. The molecule has 1 aliphatic heterocycles. The monoisotopic (exact) mass is 571 g/mol. The third kappa shape index (κ3) is 7.75. The number of hydrogen-bond donors (Lipinski definition) is 3. The summed E-state index contributed by atoms with van der Waals surface area (Å²) in [7, 11) is 1.98. The molecule has 0 spiro atoms. The van der Waals surface area contributed by atoms with Gasteiger partial charge < -0.3 is 30.1 Å². The van der Waals surface area contributed by atoms with Crippen molar-refractivity contribution in [3.63, 3.8) is 0 Å². The third-order valence-corrected chi connectivity index (χ3v) is 8.40. The molecule has 2 aliphatic rings. The van der Waals surface area contributed by atoms with Crippen LogP contribution in [0.25, 0.3) is 11.1 Å². The van der Waals surface area contributed by atoms with E-state index in [9.17, 15) is 9.59 Å². The Morgan fingerprint density at radius 1 is 1.18 bits per heavy atom. The largest absolute Gasteiger partial charge is 0.465 e. The minimum atomic E-state index is -1.10. The van der Waals surface area contributed by atoms with Gasteiger partial charge in [0.1, 0.15) is 12.2 Å². The van der Waals surface area contributed by atoms with Crippen molar-refractivity contribution >= 4 is 23.6 Å². The van der Waals surface area contributed by atoms with E-state index in [0.29, 0.717) is 30.6 Å². The van der Waals surface area contributed by atoms with E-state index in [4.69, 9.17) is 26.2 Å². The number of nitrogens with zero attached hydrogens (tertiary/aromatic N) is 1. The maximum Gasteiger partial charge on any atom is 0.404 e. The SMILES string of the molecule is CCc1cccc(-c2c(Cl)cccc2C(OCCNC(=O)O)C2CN(C(=O)C3CCC(CNC)CC3)CCO2)c1. The van der Waals surface area contributed by atoms with Crippen LogP contribution < -0.4 is 10.6 Å². The van der Waals surface area contributed by atoms with E-state index in [2.05, 4.69) is 29.7 Å². The Labute approximate surface area is 242 Å². The van der Waals surface area contributed by atoms with Gasteiger partial charge in [0.25, 0.3) is 0 Å². The smallest absolute Gasteiger partial charge is 0.404 e. The van der Waals surface area contributed by atoms with Gasteiger partial charge in [-0.1, -0.05) is 54.9 Å². The Balaban J connectivity index is 1.58. The average molecular weight is 572 g/mol. The molecule has 218 valence electrons. The average Bonchev–Trinajstić information content (AvgIpc) is 2.97. The molecule has 1 heterocycles. The summed E-state index contributed by atoms with van der Waals surface area (Å²) in [6, 6.07) is 14.0. The zero-order valence-corrected chi connectivity index (χ0v) is 24.3. The minimum Gasteiger partial charge on any atom is -0.465 e. The second-order valence-corrected chi connectivity index (χ2v) is 11.2. The van der Waals surface area contributed by atoms with Crippen molar-refractivity contribution in [2.75, 3.05) is 46.4 Å². The van der Waals surface area contributed by atoms with E-state index >= 15 is 0 Å². The highest BCUT2D eigenvalue weighted by atomic mass is 35.5. The van der Waals surface area contributed by atoms with Crippen LogP contribution in [-0.4, -0.2) is 74.6 Å². The summed E-state index contributed by atoms with van der Waals surface area (Å²) in [5.41, 5.74) is 3.91. The van der Waals surface area contributed by atoms with Crippen molar-refractivity contribution in [1.82, 2.24) is 15.5 Å². The molecule has 1 saturated carbocycles. The molecule has 40 heavy (non-hydrogen) atoms. The van der Waals surface area contributed by atoms with Crippen molar-refractivity contribution < 1.29 is 24.2 Å². The molecule has 3 N–H and O–H groups in total. The number of carboxylic acid groups (broad SMARTS) is 1. The van der Waals surface area contributed by atoms with Gasteiger partial charge in [0.2, 0.25) is 5.91 Å². The first-order valence-electron chi connectivity index (χ1n) is 14.4. The van der Waals surface area contributed by atoms with Gasteiger partial charge in [0.05, 0.1) is 13.2 Å². The molecule has 2 aromatic rings. The van der Waals surface area contributed by atoms with E-state index in [-0.39, 0.29) is 25.0 Å². The van der Waals surface area contributed by atoms with Crippen molar-refractivity contribution in [2.24, 2.45) is 11.8 Å². The van der Waals surface area contributed by atoms with Crippen LogP contribution >= 0.6 is 11.6 Å². The number of morpholine rings is 1. The summed E-state index contributed by atoms with van der Waals surface area (Å²) in [6.07, 6.45) is 2.79. The molecule has 2 fully saturated rings. The number of halogens is 1. The van der Waals surface area contributed by atoms with Gasteiger partial charge in [-0.15, -0.1) is 0 Å². The number of aryl methyl sites for hydroxylation is 1. The fourth-order valence-corrected chi connectivity index (χ4v) is 6.28. The first-order chi connectivity index (χ1) is 19.4. The molecule has 2 aromatic carbocycles. The fourth-order valence-electron chi connectivity index (χ4n) is 5.99. The van der Waals surface area contributed by atoms with Gasteiger partial charge in [-0.2, -0.15) is 0 Å². The van der Waals surface area contributed by atoms with E-state index in [1.165, 1.54) is 5.56 Å². The van der Waals surface area contributed by atoms with Crippen molar-refractivity contribution in [2.45, 2.75) is 51.2 Å². The summed E-state index contributed by atoms with van der Waals surface area (Å²) < 4.78 is 12.6. The van der Waals surface area contributed by atoms with E-state index in [1.54, 1.807) is 0 Å². The molecule has 2 amide bonds. The molecular formula is C31H42ClN3O5. The lowest BCUT2D eigenvalue weighted by molar-refractivity contribution is -0.153. The van der Waals surface area contributed by atoms with E-state index in [0.717, 1.165) is 55.3 Å². The molecule has 2 unspecified atom stereocenters. The summed E-state index contributed by atoms with van der Waals surface area (Å²) >= 11 is 6.80. The van der Waals surface area contributed by atoms with Crippen molar-refractivity contribution in [3.05, 3.63) is 58.6 Å². The molecule has 4 rings (SSSR count). The Hall–Kier alpha value is -2.65. The van der Waals surface area contributed by atoms with Crippen molar-refractivity contribution in [3.8, 4) is 11.1 Å². The molecule has 0 aromatic heterocycles. The highest BCUT2D eigenvalue weighted by Gasteiger charge is 2.36. The zero-order valence-electron chi connectivity index (χ0n) is 23.5. The minimum absolute atomic E-state index is 0.0458. The number of benzene rings is 2. The Morgan fingerprint density at radius 2 is 1.95 bits per heavy atom.